The Hall–Kier alpha value is -2.96. The van der Waals surface area contributed by atoms with Gasteiger partial charge >= 0.3 is 0 Å². The Morgan fingerprint density at radius 1 is 1.15 bits per heavy atom. The van der Waals surface area contributed by atoms with E-state index in [1.165, 1.54) is 13.0 Å². The highest BCUT2D eigenvalue weighted by atomic mass is 32.1. The number of carbonyl (C=O) groups excluding carboxylic acids is 3. The van der Waals surface area contributed by atoms with Crippen molar-refractivity contribution in [3.05, 3.63) is 46.0 Å². The van der Waals surface area contributed by atoms with Gasteiger partial charge in [0.1, 0.15) is 17.2 Å². The first-order valence-corrected chi connectivity index (χ1v) is 13.8. The summed E-state index contributed by atoms with van der Waals surface area (Å²) in [6.07, 6.45) is 0.835. The van der Waals surface area contributed by atoms with Crippen LogP contribution in [0, 0.1) is 28.4 Å². The number of aliphatic hydroxyl groups is 2. The van der Waals surface area contributed by atoms with E-state index in [1.807, 2.05) is 13.8 Å². The number of thiazole rings is 1. The van der Waals surface area contributed by atoms with Crippen LogP contribution in [0.25, 0.3) is 0 Å². The summed E-state index contributed by atoms with van der Waals surface area (Å²) in [4.78, 5) is 42.3. The molecule has 0 radical (unpaired) electrons. The molecular formula is C27H34F2N4O5S. The van der Waals surface area contributed by atoms with E-state index in [9.17, 15) is 33.4 Å². The second-order valence-electron chi connectivity index (χ2n) is 10.9. The normalized spacial score (nSPS) is 27.7. The summed E-state index contributed by atoms with van der Waals surface area (Å²) in [6.45, 7) is 5.57. The van der Waals surface area contributed by atoms with Crippen LogP contribution in [-0.4, -0.2) is 58.7 Å². The first-order chi connectivity index (χ1) is 18.4. The van der Waals surface area contributed by atoms with E-state index in [0.29, 0.717) is 25.0 Å². The molecule has 5 unspecified atom stereocenters. The van der Waals surface area contributed by atoms with E-state index >= 15 is 0 Å². The van der Waals surface area contributed by atoms with Gasteiger partial charge < -0.3 is 20.8 Å². The molecule has 0 saturated heterocycles. The maximum absolute atomic E-state index is 14.2. The molecule has 1 saturated carbocycles. The van der Waals surface area contributed by atoms with Crippen molar-refractivity contribution < 1.29 is 33.4 Å². The third-order valence-electron chi connectivity index (χ3n) is 8.51. The monoisotopic (exact) mass is 564 g/mol. The maximum Gasteiger partial charge on any atom is 0.263 e. The fourth-order valence-corrected chi connectivity index (χ4v) is 7.34. The lowest BCUT2D eigenvalue weighted by Crippen LogP contribution is -2.57. The zero-order chi connectivity index (χ0) is 28.5. The van der Waals surface area contributed by atoms with Gasteiger partial charge in [0, 0.05) is 42.6 Å². The molecule has 0 aliphatic heterocycles. The molecule has 3 amide bonds. The number of rotatable bonds is 8. The number of anilines is 1. The minimum absolute atomic E-state index is 0.0662. The molecule has 1 fully saturated rings. The topological polar surface area (TPSA) is 141 Å². The molecule has 212 valence electrons. The Morgan fingerprint density at radius 2 is 1.82 bits per heavy atom. The van der Waals surface area contributed by atoms with Gasteiger partial charge in [-0.15, -0.1) is 11.3 Å². The largest absolute Gasteiger partial charge is 0.396 e. The summed E-state index contributed by atoms with van der Waals surface area (Å²) < 4.78 is 28.4. The maximum atomic E-state index is 14.2. The van der Waals surface area contributed by atoms with Gasteiger partial charge in [-0.3, -0.25) is 19.7 Å². The Kier molecular flexibility index (Phi) is 8.38. The summed E-state index contributed by atoms with van der Waals surface area (Å²) in [5.74, 6) is -4.00. The molecule has 0 bridgehead atoms. The predicted octanol–water partition coefficient (Wildman–Crippen LogP) is 2.73. The fourth-order valence-electron chi connectivity index (χ4n) is 6.27. The Labute approximate surface area is 229 Å². The van der Waals surface area contributed by atoms with Crippen LogP contribution in [0.2, 0.25) is 0 Å². The number of hydrogen-bond donors (Lipinski definition) is 5. The highest BCUT2D eigenvalue weighted by molar-refractivity contribution is 7.15. The van der Waals surface area contributed by atoms with Gasteiger partial charge in [-0.05, 0) is 42.7 Å². The standard InChI is InChI=1S/C27H34F2N4O5S/c1-14(35)30-9-10-31-21(37)11-15-23-18(12-19-26(15,2)8-7-20(36)27(19,3)13-34)39-25(32-23)33-24(38)22-16(28)5-4-6-17(22)29/h4-6,15,19-20,34,36H,7-13H2,1-3H3,(H,30,35)(H,31,37)(H,32,33,38). The van der Waals surface area contributed by atoms with Gasteiger partial charge in [0.15, 0.2) is 5.13 Å². The van der Waals surface area contributed by atoms with Crippen molar-refractivity contribution >= 4 is 34.2 Å². The molecule has 4 rings (SSSR count). The number of aromatic nitrogens is 1. The SMILES string of the molecule is CC(=O)NCCNC(=O)CC1c2nc(NC(=O)c3c(F)cccc3F)sc2CC2C(C)(CO)C(O)CCC12C. The minimum Gasteiger partial charge on any atom is -0.396 e. The summed E-state index contributed by atoms with van der Waals surface area (Å²) in [7, 11) is 0. The number of hydrogen-bond acceptors (Lipinski definition) is 7. The fraction of sp³-hybridized carbons (Fsp3) is 0.556. The van der Waals surface area contributed by atoms with Crippen LogP contribution in [0.5, 0.6) is 0 Å². The molecule has 39 heavy (non-hydrogen) atoms. The second kappa shape index (κ2) is 11.3. The smallest absolute Gasteiger partial charge is 0.263 e. The van der Waals surface area contributed by atoms with Crippen LogP contribution in [0.4, 0.5) is 13.9 Å². The average Bonchev–Trinajstić information content (AvgIpc) is 3.27. The van der Waals surface area contributed by atoms with Crippen LogP contribution in [0.15, 0.2) is 18.2 Å². The first kappa shape index (κ1) is 29.0. The molecule has 9 nitrogen and oxygen atoms in total. The van der Waals surface area contributed by atoms with Crippen LogP contribution >= 0.6 is 11.3 Å². The van der Waals surface area contributed by atoms with E-state index < -0.39 is 46.0 Å². The summed E-state index contributed by atoms with van der Waals surface area (Å²) in [6, 6.07) is 3.17. The van der Waals surface area contributed by atoms with Gasteiger partial charge in [-0.2, -0.15) is 0 Å². The molecule has 1 aromatic carbocycles. The number of carbonyl (C=O) groups is 3. The predicted molar refractivity (Wildman–Crippen MR) is 141 cm³/mol. The van der Waals surface area contributed by atoms with Crippen LogP contribution in [-0.2, 0) is 16.0 Å². The van der Waals surface area contributed by atoms with Gasteiger partial charge in [0.2, 0.25) is 11.8 Å². The number of nitrogens with one attached hydrogen (secondary N) is 3. The molecule has 0 spiro atoms. The molecule has 2 aromatic rings. The molecule has 1 heterocycles. The highest BCUT2D eigenvalue weighted by Crippen LogP contribution is 2.62. The molecular weight excluding hydrogens is 530 g/mol. The van der Waals surface area contributed by atoms with Crippen LogP contribution < -0.4 is 16.0 Å². The van der Waals surface area contributed by atoms with Crippen molar-refractivity contribution in [1.29, 1.82) is 0 Å². The number of fused-ring (bicyclic) bond motifs is 2. The number of benzene rings is 1. The van der Waals surface area contributed by atoms with Gasteiger partial charge in [-0.1, -0.05) is 19.9 Å². The summed E-state index contributed by atoms with van der Waals surface area (Å²) in [5.41, 5.74) is -1.42. The van der Waals surface area contributed by atoms with Crippen molar-refractivity contribution in [3.8, 4) is 0 Å². The Balaban J connectivity index is 1.66. The zero-order valence-corrected chi connectivity index (χ0v) is 23.0. The minimum atomic E-state index is -0.992. The second-order valence-corrected chi connectivity index (χ2v) is 12.0. The molecule has 5 atom stereocenters. The van der Waals surface area contributed by atoms with E-state index in [4.69, 9.17) is 0 Å². The number of nitrogens with zero attached hydrogens (tertiary/aromatic N) is 1. The summed E-state index contributed by atoms with van der Waals surface area (Å²) >= 11 is 1.16. The van der Waals surface area contributed by atoms with Crippen molar-refractivity contribution in [1.82, 2.24) is 15.6 Å². The van der Waals surface area contributed by atoms with Crippen molar-refractivity contribution in [2.24, 2.45) is 16.7 Å². The van der Waals surface area contributed by atoms with E-state index in [1.54, 1.807) is 0 Å². The molecule has 5 N–H and O–H groups in total. The molecule has 1 aromatic heterocycles. The van der Waals surface area contributed by atoms with Crippen molar-refractivity contribution in [2.45, 2.75) is 58.5 Å². The Morgan fingerprint density at radius 3 is 2.46 bits per heavy atom. The van der Waals surface area contributed by atoms with Crippen molar-refractivity contribution in [3.63, 3.8) is 0 Å². The lowest BCUT2D eigenvalue weighted by Gasteiger charge is -2.58. The first-order valence-electron chi connectivity index (χ1n) is 13.0. The van der Waals surface area contributed by atoms with Gasteiger partial charge in [-0.25, -0.2) is 13.8 Å². The zero-order valence-electron chi connectivity index (χ0n) is 22.1. The molecule has 12 heteroatoms. The Bertz CT molecular complexity index is 1250. The lowest BCUT2D eigenvalue weighted by molar-refractivity contribution is -0.144. The van der Waals surface area contributed by atoms with E-state index in [0.717, 1.165) is 28.3 Å². The third kappa shape index (κ3) is 5.55. The highest BCUT2D eigenvalue weighted by Gasteiger charge is 2.59. The van der Waals surface area contributed by atoms with Crippen molar-refractivity contribution in [2.75, 3.05) is 25.0 Å². The lowest BCUT2D eigenvalue weighted by atomic mass is 9.47. The van der Waals surface area contributed by atoms with Crippen LogP contribution in [0.1, 0.15) is 66.9 Å². The van der Waals surface area contributed by atoms with E-state index in [2.05, 4.69) is 20.9 Å². The number of amides is 3. The molecule has 2 aliphatic rings. The van der Waals surface area contributed by atoms with Gasteiger partial charge in [0.05, 0.1) is 18.4 Å². The summed E-state index contributed by atoms with van der Waals surface area (Å²) in [5, 5.41) is 29.3. The third-order valence-corrected chi connectivity index (χ3v) is 9.52. The number of halogens is 2. The van der Waals surface area contributed by atoms with Crippen LogP contribution in [0.3, 0.4) is 0 Å². The molecule has 2 aliphatic carbocycles. The quantitative estimate of drug-likeness (QED) is 0.313. The average molecular weight is 565 g/mol. The van der Waals surface area contributed by atoms with Gasteiger partial charge in [0.25, 0.3) is 5.91 Å². The van der Waals surface area contributed by atoms with E-state index in [-0.39, 0.29) is 49.0 Å². The number of aliphatic hydroxyl groups excluding tert-OH is 2.